The van der Waals surface area contributed by atoms with Gasteiger partial charge in [0.15, 0.2) is 16.9 Å². The summed E-state index contributed by atoms with van der Waals surface area (Å²) in [6.07, 6.45) is 1.23. The van der Waals surface area contributed by atoms with Crippen molar-refractivity contribution in [1.29, 1.82) is 0 Å². The molecule has 186 valence electrons. The van der Waals surface area contributed by atoms with Gasteiger partial charge in [-0.05, 0) is 35.4 Å². The number of nitro benzene ring substituents is 1. The van der Waals surface area contributed by atoms with Crippen LogP contribution in [0.1, 0.15) is 16.5 Å². The average molecular weight is 511 g/mol. The summed E-state index contributed by atoms with van der Waals surface area (Å²) in [7, 11) is 0.0122. The lowest BCUT2D eigenvalue weighted by molar-refractivity contribution is -0.384. The predicted molar refractivity (Wildman–Crippen MR) is 133 cm³/mol. The molecule has 0 aliphatic carbocycles. The summed E-state index contributed by atoms with van der Waals surface area (Å²) < 4.78 is 43.6. The maximum atomic E-state index is 13.8. The van der Waals surface area contributed by atoms with Crippen LogP contribution >= 0.6 is 0 Å². The van der Waals surface area contributed by atoms with Crippen LogP contribution in [0, 0.1) is 10.1 Å². The molecule has 3 aromatic carbocycles. The fraction of sp³-hybridized carbons (Fsp3) is 0.160. The van der Waals surface area contributed by atoms with Crippen molar-refractivity contribution in [3.63, 3.8) is 0 Å². The van der Waals surface area contributed by atoms with Gasteiger partial charge in [-0.2, -0.15) is 0 Å². The monoisotopic (exact) mass is 510 g/mol. The van der Waals surface area contributed by atoms with Crippen LogP contribution in [0.25, 0.3) is 6.08 Å². The molecule has 0 radical (unpaired) electrons. The summed E-state index contributed by atoms with van der Waals surface area (Å²) in [6.45, 7) is 0. The summed E-state index contributed by atoms with van der Waals surface area (Å²) in [6, 6.07) is 16.5. The highest BCUT2D eigenvalue weighted by Crippen LogP contribution is 2.45. The molecule has 1 fully saturated rings. The Hall–Kier alpha value is -4.38. The van der Waals surface area contributed by atoms with Crippen molar-refractivity contribution in [3.8, 4) is 17.2 Å². The quantitative estimate of drug-likeness (QED) is 0.264. The minimum Gasteiger partial charge on any atom is -0.493 e. The smallest absolute Gasteiger partial charge is 0.271 e. The van der Waals surface area contributed by atoms with Crippen molar-refractivity contribution in [2.24, 2.45) is 0 Å². The largest absolute Gasteiger partial charge is 0.493 e. The molecule has 10 nitrogen and oxygen atoms in total. The Morgan fingerprint density at radius 3 is 2.11 bits per heavy atom. The second-order valence-corrected chi connectivity index (χ2v) is 9.70. The molecule has 1 saturated heterocycles. The number of nitrogens with zero attached hydrogens (tertiary/aromatic N) is 2. The van der Waals surface area contributed by atoms with Crippen molar-refractivity contribution >= 4 is 33.2 Å². The summed E-state index contributed by atoms with van der Waals surface area (Å²) in [5, 5.41) is 9.93. The molecule has 4 rings (SSSR count). The number of ether oxygens (including phenoxy) is 3. The second kappa shape index (κ2) is 9.70. The number of rotatable bonds is 7. The van der Waals surface area contributed by atoms with Crippen molar-refractivity contribution < 1.29 is 32.3 Å². The van der Waals surface area contributed by atoms with Gasteiger partial charge in [-0.3, -0.25) is 19.8 Å². The van der Waals surface area contributed by atoms with E-state index in [4.69, 9.17) is 14.2 Å². The minimum absolute atomic E-state index is 0.0833. The number of non-ortho nitro benzene ring substituents is 1. The number of nitro groups is 1. The number of benzene rings is 3. The zero-order valence-corrected chi connectivity index (χ0v) is 20.4. The first-order chi connectivity index (χ1) is 17.2. The molecule has 0 N–H and O–H groups in total. The third kappa shape index (κ3) is 4.24. The highest BCUT2D eigenvalue weighted by atomic mass is 32.2. The van der Waals surface area contributed by atoms with Gasteiger partial charge in [-0.25, -0.2) is 8.42 Å². The minimum atomic E-state index is -4.26. The molecule has 1 amide bonds. The Balaban J connectivity index is 1.93. The highest BCUT2D eigenvalue weighted by molar-refractivity contribution is 7.97. The molecular weight excluding hydrogens is 488 g/mol. The first-order valence-electron chi connectivity index (χ1n) is 10.6. The number of sulfone groups is 1. The van der Waals surface area contributed by atoms with E-state index < -0.39 is 30.9 Å². The van der Waals surface area contributed by atoms with Crippen LogP contribution in [-0.4, -0.2) is 40.6 Å². The van der Waals surface area contributed by atoms with Gasteiger partial charge < -0.3 is 14.2 Å². The molecule has 0 aromatic heterocycles. The van der Waals surface area contributed by atoms with Crippen molar-refractivity contribution in [3.05, 3.63) is 92.9 Å². The van der Waals surface area contributed by atoms with Crippen molar-refractivity contribution in [2.45, 2.75) is 5.37 Å². The van der Waals surface area contributed by atoms with E-state index >= 15 is 0 Å². The Kier molecular flexibility index (Phi) is 6.67. The van der Waals surface area contributed by atoms with Gasteiger partial charge in [-0.15, -0.1) is 0 Å². The molecule has 0 spiro atoms. The van der Waals surface area contributed by atoms with Gasteiger partial charge >= 0.3 is 0 Å². The van der Waals surface area contributed by atoms with Crippen LogP contribution in [0.3, 0.4) is 0 Å². The average Bonchev–Trinajstić information content (AvgIpc) is 3.08. The number of anilines is 1. The molecule has 0 bridgehead atoms. The third-order valence-electron chi connectivity index (χ3n) is 5.65. The topological polar surface area (TPSA) is 125 Å². The summed E-state index contributed by atoms with van der Waals surface area (Å²) >= 11 is 0. The molecule has 1 heterocycles. The lowest BCUT2D eigenvalue weighted by Crippen LogP contribution is -2.29. The second-order valence-electron chi connectivity index (χ2n) is 7.73. The molecule has 36 heavy (non-hydrogen) atoms. The zero-order chi connectivity index (χ0) is 26.0. The number of methoxy groups -OCH3 is 3. The molecule has 3 aromatic rings. The van der Waals surface area contributed by atoms with Gasteiger partial charge in [0.2, 0.25) is 15.6 Å². The van der Waals surface area contributed by atoms with E-state index in [-0.39, 0.29) is 22.9 Å². The van der Waals surface area contributed by atoms with E-state index in [1.807, 2.05) is 0 Å². The standard InChI is InChI=1S/C25H22N2O8S/c1-33-20-12-16(13-21(34-2)23(20)35-3)14-22-24(28)26(18-10-7-11-19(15-18)27(29)30)25(36(22,31)32)17-8-5-4-6-9-17/h4-15,25H,1-3H3. The number of carbonyl (C=O) groups is 1. The van der Waals surface area contributed by atoms with Crippen molar-refractivity contribution in [2.75, 3.05) is 26.2 Å². The van der Waals surface area contributed by atoms with Crippen molar-refractivity contribution in [1.82, 2.24) is 0 Å². The molecule has 1 aliphatic heterocycles. The van der Waals surface area contributed by atoms with E-state index in [2.05, 4.69) is 0 Å². The number of hydrogen-bond acceptors (Lipinski definition) is 8. The van der Waals surface area contributed by atoms with E-state index in [1.165, 1.54) is 63.8 Å². The van der Waals surface area contributed by atoms with E-state index in [0.29, 0.717) is 16.9 Å². The van der Waals surface area contributed by atoms with E-state index in [0.717, 1.165) is 4.90 Å². The summed E-state index contributed by atoms with van der Waals surface area (Å²) in [4.78, 5) is 25.0. The maximum absolute atomic E-state index is 13.8. The molecular formula is C25H22N2O8S. The van der Waals surface area contributed by atoms with Gasteiger partial charge in [-0.1, -0.05) is 36.4 Å². The van der Waals surface area contributed by atoms with Gasteiger partial charge in [0.25, 0.3) is 11.6 Å². The number of carbonyl (C=O) groups excluding carboxylic acids is 1. The normalized spacial score (nSPS) is 17.8. The van der Waals surface area contributed by atoms with Crippen LogP contribution in [0.4, 0.5) is 11.4 Å². The van der Waals surface area contributed by atoms with Crippen LogP contribution in [-0.2, 0) is 14.6 Å². The van der Waals surface area contributed by atoms with Gasteiger partial charge in [0, 0.05) is 12.1 Å². The fourth-order valence-electron chi connectivity index (χ4n) is 4.04. The first-order valence-corrected chi connectivity index (χ1v) is 12.2. The van der Waals surface area contributed by atoms with Gasteiger partial charge in [0.1, 0.15) is 4.91 Å². The summed E-state index contributed by atoms with van der Waals surface area (Å²) in [5.74, 6) is 0.0460. The molecule has 1 aliphatic rings. The van der Waals surface area contributed by atoms with Crippen LogP contribution in [0.5, 0.6) is 17.2 Å². The molecule has 1 unspecified atom stereocenters. The number of amides is 1. The Morgan fingerprint density at radius 2 is 1.56 bits per heavy atom. The molecule has 0 saturated carbocycles. The third-order valence-corrected chi connectivity index (χ3v) is 7.63. The first kappa shape index (κ1) is 24.7. The van der Waals surface area contributed by atoms with Gasteiger partial charge in [0.05, 0.1) is 31.9 Å². The summed E-state index contributed by atoms with van der Waals surface area (Å²) in [5.41, 5.74) is 0.473. The van der Waals surface area contributed by atoms with Crippen LogP contribution in [0.15, 0.2) is 71.6 Å². The van der Waals surface area contributed by atoms with Crippen LogP contribution in [0.2, 0.25) is 0 Å². The lowest BCUT2D eigenvalue weighted by atomic mass is 10.1. The predicted octanol–water partition coefficient (Wildman–Crippen LogP) is 4.12. The molecule has 11 heteroatoms. The van der Waals surface area contributed by atoms with E-state index in [9.17, 15) is 23.3 Å². The fourth-order valence-corrected chi connectivity index (χ4v) is 5.93. The Labute approximate surface area is 207 Å². The van der Waals surface area contributed by atoms with Crippen LogP contribution < -0.4 is 19.1 Å². The molecule has 1 atom stereocenters. The highest BCUT2D eigenvalue weighted by Gasteiger charge is 2.50. The van der Waals surface area contributed by atoms with E-state index in [1.54, 1.807) is 30.3 Å². The number of hydrogen-bond donors (Lipinski definition) is 0. The lowest BCUT2D eigenvalue weighted by Gasteiger charge is -2.23. The maximum Gasteiger partial charge on any atom is 0.271 e. The SMILES string of the molecule is COc1cc(C=C2C(=O)N(c3cccc([N+](=O)[O-])c3)C(c3ccccc3)S2(=O)=O)cc(OC)c1OC. The Bertz CT molecular complexity index is 1440. The zero-order valence-electron chi connectivity index (χ0n) is 19.6. The Morgan fingerprint density at radius 1 is 0.917 bits per heavy atom.